The number of aryl methyl sites for hydroxylation is 1. The molecule has 1 aliphatic carbocycles. The highest BCUT2D eigenvalue weighted by molar-refractivity contribution is 6.02. The third-order valence-corrected chi connectivity index (χ3v) is 5.19. The van der Waals surface area contributed by atoms with Crippen molar-refractivity contribution in [3.05, 3.63) is 34.9 Å². The molecule has 0 saturated heterocycles. The van der Waals surface area contributed by atoms with Gasteiger partial charge in [0, 0.05) is 12.0 Å². The van der Waals surface area contributed by atoms with Crippen LogP contribution in [0.1, 0.15) is 61.5 Å². The molecule has 1 aromatic carbocycles. The zero-order chi connectivity index (χ0) is 19.4. The van der Waals surface area contributed by atoms with Gasteiger partial charge in [0.15, 0.2) is 0 Å². The molecule has 27 heavy (non-hydrogen) atoms. The number of carbonyl (C=O) groups excluding carboxylic acids is 2. The van der Waals surface area contributed by atoms with Gasteiger partial charge >= 0.3 is 5.97 Å². The van der Waals surface area contributed by atoms with Gasteiger partial charge in [-0.2, -0.15) is 0 Å². The summed E-state index contributed by atoms with van der Waals surface area (Å²) in [5.74, 6) is -0.381. The van der Waals surface area contributed by atoms with E-state index in [-0.39, 0.29) is 17.9 Å². The predicted octanol–water partition coefficient (Wildman–Crippen LogP) is 3.03. The van der Waals surface area contributed by atoms with Gasteiger partial charge in [0.1, 0.15) is 0 Å². The van der Waals surface area contributed by atoms with Gasteiger partial charge in [-0.25, -0.2) is 4.79 Å². The quantitative estimate of drug-likeness (QED) is 0.779. The van der Waals surface area contributed by atoms with Crippen LogP contribution in [0.5, 0.6) is 0 Å². The number of hydrogen-bond acceptors (Lipinski definition) is 5. The van der Waals surface area contributed by atoms with E-state index < -0.39 is 12.1 Å². The van der Waals surface area contributed by atoms with Crippen LogP contribution in [-0.2, 0) is 27.2 Å². The molecule has 2 unspecified atom stereocenters. The van der Waals surface area contributed by atoms with E-state index in [1.807, 2.05) is 26.0 Å². The van der Waals surface area contributed by atoms with E-state index >= 15 is 0 Å². The second-order valence-electron chi connectivity index (χ2n) is 7.48. The number of esters is 1. The van der Waals surface area contributed by atoms with E-state index in [9.17, 15) is 9.59 Å². The first-order chi connectivity index (χ1) is 13.0. The lowest BCUT2D eigenvalue weighted by Crippen LogP contribution is -2.45. The second-order valence-corrected chi connectivity index (χ2v) is 7.48. The van der Waals surface area contributed by atoms with Crippen molar-refractivity contribution in [2.75, 3.05) is 6.61 Å². The number of ether oxygens (including phenoxy) is 1. The van der Waals surface area contributed by atoms with Crippen molar-refractivity contribution in [3.63, 3.8) is 0 Å². The predicted molar refractivity (Wildman–Crippen MR) is 103 cm³/mol. The van der Waals surface area contributed by atoms with E-state index in [1.54, 1.807) is 6.92 Å². The summed E-state index contributed by atoms with van der Waals surface area (Å²) >= 11 is 0. The van der Waals surface area contributed by atoms with Crippen molar-refractivity contribution in [2.45, 2.75) is 65.0 Å². The summed E-state index contributed by atoms with van der Waals surface area (Å²) in [6.45, 7) is 6.10. The molecular weight excluding hydrogens is 344 g/mol. The highest BCUT2D eigenvalue weighted by atomic mass is 16.7. The van der Waals surface area contributed by atoms with Crippen LogP contribution in [0.2, 0.25) is 0 Å². The average molecular weight is 372 g/mol. The van der Waals surface area contributed by atoms with Crippen molar-refractivity contribution >= 4 is 17.6 Å². The van der Waals surface area contributed by atoms with Crippen molar-refractivity contribution < 1.29 is 19.2 Å². The maximum atomic E-state index is 13.0. The Morgan fingerprint density at radius 2 is 2.07 bits per heavy atom. The average Bonchev–Trinajstić information content (AvgIpc) is 3.15. The molecule has 1 aromatic rings. The summed E-state index contributed by atoms with van der Waals surface area (Å²) in [6.07, 6.45) is 3.89. The Kier molecular flexibility index (Phi) is 6.14. The molecule has 146 valence electrons. The SMILES string of the molecule is CCOC(=O)C1CC(C(NC(=O)c2cccc3c2CCCC3)C(C)C)=NO1. The van der Waals surface area contributed by atoms with E-state index in [0.29, 0.717) is 18.7 Å². The summed E-state index contributed by atoms with van der Waals surface area (Å²) in [7, 11) is 0. The van der Waals surface area contributed by atoms with Crippen molar-refractivity contribution in [2.24, 2.45) is 11.1 Å². The minimum Gasteiger partial charge on any atom is -0.463 e. The van der Waals surface area contributed by atoms with Gasteiger partial charge < -0.3 is 14.9 Å². The number of carbonyl (C=O) groups is 2. The Morgan fingerprint density at radius 3 is 2.81 bits per heavy atom. The lowest BCUT2D eigenvalue weighted by molar-refractivity contribution is -0.154. The maximum Gasteiger partial charge on any atom is 0.350 e. The van der Waals surface area contributed by atoms with Crippen LogP contribution < -0.4 is 5.32 Å². The number of fused-ring (bicyclic) bond motifs is 1. The minimum atomic E-state index is -0.720. The summed E-state index contributed by atoms with van der Waals surface area (Å²) < 4.78 is 5.00. The fourth-order valence-corrected chi connectivity index (χ4v) is 3.79. The molecule has 1 heterocycles. The molecule has 6 nitrogen and oxygen atoms in total. The van der Waals surface area contributed by atoms with Crippen LogP contribution in [0.25, 0.3) is 0 Å². The fourth-order valence-electron chi connectivity index (χ4n) is 3.79. The number of nitrogens with one attached hydrogen (secondary N) is 1. The van der Waals surface area contributed by atoms with Crippen molar-refractivity contribution in [3.8, 4) is 0 Å². The van der Waals surface area contributed by atoms with Crippen molar-refractivity contribution in [1.82, 2.24) is 5.32 Å². The lowest BCUT2D eigenvalue weighted by atomic mass is 9.87. The minimum absolute atomic E-state index is 0.0882. The standard InChI is InChI=1S/C21H28N2O4/c1-4-26-21(25)18-12-17(23-27-18)19(13(2)3)22-20(24)16-11-7-9-14-8-5-6-10-15(14)16/h7,9,11,13,18-19H,4-6,8,10,12H2,1-3H3,(H,22,24). The molecule has 0 radical (unpaired) electrons. The van der Waals surface area contributed by atoms with Gasteiger partial charge in [-0.05, 0) is 55.7 Å². The molecule has 2 atom stereocenters. The van der Waals surface area contributed by atoms with Crippen LogP contribution in [0.15, 0.2) is 23.4 Å². The first-order valence-corrected chi connectivity index (χ1v) is 9.82. The zero-order valence-electron chi connectivity index (χ0n) is 16.3. The molecule has 6 heteroatoms. The first-order valence-electron chi connectivity index (χ1n) is 9.82. The van der Waals surface area contributed by atoms with E-state index in [2.05, 4.69) is 16.5 Å². The third-order valence-electron chi connectivity index (χ3n) is 5.19. The van der Waals surface area contributed by atoms with Crippen LogP contribution in [-0.4, -0.2) is 36.3 Å². The molecule has 0 fully saturated rings. The van der Waals surface area contributed by atoms with Gasteiger partial charge in [0.2, 0.25) is 6.10 Å². The smallest absolute Gasteiger partial charge is 0.350 e. The molecular formula is C21H28N2O4. The molecule has 0 bridgehead atoms. The molecule has 0 spiro atoms. The summed E-state index contributed by atoms with van der Waals surface area (Å²) in [4.78, 5) is 30.1. The normalized spacial score (nSPS) is 19.7. The van der Waals surface area contributed by atoms with Gasteiger partial charge in [0.25, 0.3) is 5.91 Å². The number of oxime groups is 1. The Morgan fingerprint density at radius 1 is 1.30 bits per heavy atom. The largest absolute Gasteiger partial charge is 0.463 e. The monoisotopic (exact) mass is 372 g/mol. The van der Waals surface area contributed by atoms with E-state index in [4.69, 9.17) is 9.57 Å². The number of rotatable bonds is 6. The number of nitrogens with zero attached hydrogens (tertiary/aromatic N) is 1. The summed E-state index contributed by atoms with van der Waals surface area (Å²) in [6, 6.07) is 5.68. The molecule has 3 rings (SSSR count). The van der Waals surface area contributed by atoms with Gasteiger partial charge in [0.05, 0.1) is 18.4 Å². The molecule has 2 aliphatic rings. The van der Waals surface area contributed by atoms with Gasteiger partial charge in [-0.3, -0.25) is 4.79 Å². The fraction of sp³-hybridized carbons (Fsp3) is 0.571. The highest BCUT2D eigenvalue weighted by Gasteiger charge is 2.35. The van der Waals surface area contributed by atoms with E-state index in [0.717, 1.165) is 30.4 Å². The maximum absolute atomic E-state index is 13.0. The van der Waals surface area contributed by atoms with E-state index in [1.165, 1.54) is 12.0 Å². The van der Waals surface area contributed by atoms with Crippen LogP contribution in [0.3, 0.4) is 0 Å². The molecule has 0 saturated carbocycles. The summed E-state index contributed by atoms with van der Waals surface area (Å²) in [5, 5.41) is 7.19. The van der Waals surface area contributed by atoms with Crippen LogP contribution in [0.4, 0.5) is 0 Å². The topological polar surface area (TPSA) is 77.0 Å². The summed E-state index contributed by atoms with van der Waals surface area (Å²) in [5.41, 5.74) is 3.87. The number of hydrogen-bond donors (Lipinski definition) is 1. The van der Waals surface area contributed by atoms with Crippen molar-refractivity contribution in [1.29, 1.82) is 0 Å². The Hall–Kier alpha value is -2.37. The number of benzene rings is 1. The molecule has 1 amide bonds. The second kappa shape index (κ2) is 8.55. The molecule has 1 N–H and O–H groups in total. The van der Waals surface area contributed by atoms with Crippen LogP contribution >= 0.6 is 0 Å². The van der Waals surface area contributed by atoms with Gasteiger partial charge in [-0.15, -0.1) is 0 Å². The highest BCUT2D eigenvalue weighted by Crippen LogP contribution is 2.25. The molecule has 1 aliphatic heterocycles. The lowest BCUT2D eigenvalue weighted by Gasteiger charge is -2.24. The Balaban J connectivity index is 1.72. The number of amides is 1. The zero-order valence-corrected chi connectivity index (χ0v) is 16.3. The first kappa shape index (κ1) is 19.4. The Labute approximate surface area is 160 Å². The van der Waals surface area contributed by atoms with Gasteiger partial charge in [-0.1, -0.05) is 31.1 Å². The molecule has 0 aromatic heterocycles. The Bertz CT molecular complexity index is 742. The third kappa shape index (κ3) is 4.31. The van der Waals surface area contributed by atoms with Crippen LogP contribution in [0, 0.1) is 5.92 Å².